The van der Waals surface area contributed by atoms with Gasteiger partial charge in [-0.2, -0.15) is 0 Å². The lowest BCUT2D eigenvalue weighted by Crippen LogP contribution is -2.49. The van der Waals surface area contributed by atoms with Gasteiger partial charge in [0.25, 0.3) is 0 Å². The fourth-order valence-electron chi connectivity index (χ4n) is 2.03. The first-order valence-electron chi connectivity index (χ1n) is 6.82. The molecule has 1 rings (SSSR count). The molecule has 0 aliphatic carbocycles. The smallest absolute Gasteiger partial charge is 0.122 e. The first-order valence-corrected chi connectivity index (χ1v) is 6.82. The van der Waals surface area contributed by atoms with Crippen molar-refractivity contribution < 1.29 is 14.9 Å². The quantitative estimate of drug-likeness (QED) is 0.604. The highest BCUT2D eigenvalue weighted by Crippen LogP contribution is 2.08. The minimum absolute atomic E-state index is 0.206. The Morgan fingerprint density at radius 2 is 1.84 bits per heavy atom. The molecule has 1 aliphatic heterocycles. The van der Waals surface area contributed by atoms with Crippen LogP contribution in [0, 0.1) is 12.3 Å². The minimum Gasteiger partial charge on any atom is -0.395 e. The van der Waals surface area contributed by atoms with E-state index in [0.717, 1.165) is 32.7 Å². The van der Waals surface area contributed by atoms with Gasteiger partial charge in [0.1, 0.15) is 5.60 Å². The van der Waals surface area contributed by atoms with Crippen molar-refractivity contribution in [1.29, 1.82) is 0 Å². The van der Waals surface area contributed by atoms with Gasteiger partial charge in [0.05, 0.1) is 19.3 Å². The van der Waals surface area contributed by atoms with Crippen molar-refractivity contribution in [3.05, 3.63) is 0 Å². The van der Waals surface area contributed by atoms with E-state index in [-0.39, 0.29) is 13.2 Å². The molecular weight excluding hydrogens is 244 g/mol. The fraction of sp³-hybridized carbons (Fsp3) is 0.857. The van der Waals surface area contributed by atoms with Gasteiger partial charge >= 0.3 is 0 Å². The van der Waals surface area contributed by atoms with Gasteiger partial charge in [-0.1, -0.05) is 5.92 Å². The molecule has 0 spiro atoms. The van der Waals surface area contributed by atoms with E-state index in [1.54, 1.807) is 0 Å². The zero-order valence-electron chi connectivity index (χ0n) is 12.0. The summed E-state index contributed by atoms with van der Waals surface area (Å²) >= 11 is 0. The summed E-state index contributed by atoms with van der Waals surface area (Å²) in [6, 6.07) is 0. The Bertz CT molecular complexity index is 294. The standard InChI is InChI=1S/C14H26N2O3/c1-4-14(2,3)19-12-13(18)11-16-7-5-15(6-8-16)9-10-17/h1,13,17-18H,5-12H2,2-3H3/t13-/m1/s1. The summed E-state index contributed by atoms with van der Waals surface area (Å²) in [6.45, 7) is 9.12. The molecule has 0 aromatic rings. The van der Waals surface area contributed by atoms with E-state index in [1.165, 1.54) is 0 Å². The van der Waals surface area contributed by atoms with Crippen LogP contribution in [-0.4, -0.2) is 84.2 Å². The van der Waals surface area contributed by atoms with E-state index in [0.29, 0.717) is 6.54 Å². The maximum Gasteiger partial charge on any atom is 0.122 e. The maximum absolute atomic E-state index is 9.94. The Morgan fingerprint density at radius 1 is 1.26 bits per heavy atom. The summed E-state index contributed by atoms with van der Waals surface area (Å²) in [4.78, 5) is 4.44. The number of hydrogen-bond acceptors (Lipinski definition) is 5. The highest BCUT2D eigenvalue weighted by Gasteiger charge is 2.21. The molecule has 0 unspecified atom stereocenters. The van der Waals surface area contributed by atoms with E-state index < -0.39 is 11.7 Å². The summed E-state index contributed by atoms with van der Waals surface area (Å²) in [5.41, 5.74) is -0.624. The fourth-order valence-corrected chi connectivity index (χ4v) is 2.03. The minimum atomic E-state index is -0.624. The lowest BCUT2D eigenvalue weighted by Gasteiger charge is -2.35. The molecule has 0 aromatic carbocycles. The zero-order valence-corrected chi connectivity index (χ0v) is 12.0. The summed E-state index contributed by atoms with van der Waals surface area (Å²) in [7, 11) is 0. The summed E-state index contributed by atoms with van der Waals surface area (Å²) < 4.78 is 5.49. The van der Waals surface area contributed by atoms with Crippen molar-refractivity contribution in [2.75, 3.05) is 52.5 Å². The molecule has 19 heavy (non-hydrogen) atoms. The first kappa shape index (κ1) is 16.4. The van der Waals surface area contributed by atoms with Crippen molar-refractivity contribution in [2.24, 2.45) is 0 Å². The largest absolute Gasteiger partial charge is 0.395 e. The molecule has 1 aliphatic rings. The van der Waals surface area contributed by atoms with Crippen LogP contribution in [0.5, 0.6) is 0 Å². The number of aliphatic hydroxyl groups excluding tert-OH is 2. The lowest BCUT2D eigenvalue weighted by atomic mass is 10.1. The highest BCUT2D eigenvalue weighted by molar-refractivity contribution is 5.02. The molecule has 5 heteroatoms. The Morgan fingerprint density at radius 3 is 2.37 bits per heavy atom. The molecule has 0 radical (unpaired) electrons. The molecular formula is C14H26N2O3. The van der Waals surface area contributed by atoms with Crippen molar-refractivity contribution in [1.82, 2.24) is 9.80 Å². The second-order valence-corrected chi connectivity index (χ2v) is 5.49. The van der Waals surface area contributed by atoms with Gasteiger partial charge in [0.2, 0.25) is 0 Å². The number of terminal acetylenes is 1. The number of aliphatic hydroxyl groups is 2. The predicted octanol–water partition coefficient (Wildman–Crippen LogP) is -0.614. The Balaban J connectivity index is 2.20. The summed E-state index contributed by atoms with van der Waals surface area (Å²) in [5, 5.41) is 18.8. The van der Waals surface area contributed by atoms with Crippen molar-refractivity contribution in [3.8, 4) is 12.3 Å². The molecule has 0 aromatic heterocycles. The van der Waals surface area contributed by atoms with Crippen molar-refractivity contribution in [3.63, 3.8) is 0 Å². The van der Waals surface area contributed by atoms with Crippen LogP contribution in [0.4, 0.5) is 0 Å². The molecule has 0 saturated carbocycles. The van der Waals surface area contributed by atoms with E-state index in [1.807, 2.05) is 13.8 Å². The van der Waals surface area contributed by atoms with Crippen LogP contribution >= 0.6 is 0 Å². The SMILES string of the molecule is C#CC(C)(C)OC[C@H](O)CN1CCN(CCO)CC1. The van der Waals surface area contributed by atoms with Gasteiger partial charge in [-0.25, -0.2) is 0 Å². The Hall–Kier alpha value is -0.640. The van der Waals surface area contributed by atoms with Crippen LogP contribution in [0.2, 0.25) is 0 Å². The van der Waals surface area contributed by atoms with Crippen molar-refractivity contribution in [2.45, 2.75) is 25.6 Å². The molecule has 1 saturated heterocycles. The van der Waals surface area contributed by atoms with E-state index in [2.05, 4.69) is 15.7 Å². The average Bonchev–Trinajstić information content (AvgIpc) is 2.39. The molecule has 0 bridgehead atoms. The topological polar surface area (TPSA) is 56.2 Å². The zero-order chi connectivity index (χ0) is 14.3. The first-order chi connectivity index (χ1) is 8.96. The van der Waals surface area contributed by atoms with Gasteiger partial charge in [0, 0.05) is 39.3 Å². The second-order valence-electron chi connectivity index (χ2n) is 5.49. The number of rotatable bonds is 7. The van der Waals surface area contributed by atoms with Crippen LogP contribution in [-0.2, 0) is 4.74 Å². The lowest BCUT2D eigenvalue weighted by molar-refractivity contribution is -0.0410. The van der Waals surface area contributed by atoms with Crippen LogP contribution in [0.3, 0.4) is 0 Å². The third-order valence-electron chi connectivity index (χ3n) is 3.33. The highest BCUT2D eigenvalue weighted by atomic mass is 16.5. The molecule has 2 N–H and O–H groups in total. The number of β-amino-alcohol motifs (C(OH)–C–C–N with tert-alkyl or cyclic N) is 2. The third kappa shape index (κ3) is 6.37. The molecule has 0 amide bonds. The molecule has 110 valence electrons. The number of ether oxygens (including phenoxy) is 1. The van der Waals surface area contributed by atoms with Crippen LogP contribution in [0.15, 0.2) is 0 Å². The second kappa shape index (κ2) is 7.83. The maximum atomic E-state index is 9.94. The van der Waals surface area contributed by atoms with Gasteiger partial charge in [0.15, 0.2) is 0 Å². The molecule has 1 fully saturated rings. The van der Waals surface area contributed by atoms with Gasteiger partial charge in [-0.3, -0.25) is 9.80 Å². The van der Waals surface area contributed by atoms with E-state index >= 15 is 0 Å². The van der Waals surface area contributed by atoms with Crippen molar-refractivity contribution >= 4 is 0 Å². The molecule has 1 atom stereocenters. The monoisotopic (exact) mass is 270 g/mol. The Labute approximate surface area is 116 Å². The number of piperazine rings is 1. The van der Waals surface area contributed by atoms with Crippen LogP contribution < -0.4 is 0 Å². The Kier molecular flexibility index (Phi) is 6.76. The van der Waals surface area contributed by atoms with Crippen LogP contribution in [0.1, 0.15) is 13.8 Å². The third-order valence-corrected chi connectivity index (χ3v) is 3.33. The summed E-state index contributed by atoms with van der Waals surface area (Å²) in [6.07, 6.45) is 4.81. The predicted molar refractivity (Wildman–Crippen MR) is 74.8 cm³/mol. The number of hydrogen-bond donors (Lipinski definition) is 2. The van der Waals surface area contributed by atoms with Crippen LogP contribution in [0.25, 0.3) is 0 Å². The van der Waals surface area contributed by atoms with Gasteiger partial charge in [-0.05, 0) is 13.8 Å². The average molecular weight is 270 g/mol. The number of nitrogens with zero attached hydrogens (tertiary/aromatic N) is 2. The van der Waals surface area contributed by atoms with Gasteiger partial charge in [-0.15, -0.1) is 6.42 Å². The van der Waals surface area contributed by atoms with Gasteiger partial charge < -0.3 is 14.9 Å². The van der Waals surface area contributed by atoms with E-state index in [9.17, 15) is 5.11 Å². The van der Waals surface area contributed by atoms with E-state index in [4.69, 9.17) is 16.3 Å². The normalized spacial score (nSPS) is 20.2. The molecule has 1 heterocycles. The molecule has 5 nitrogen and oxygen atoms in total. The summed E-state index contributed by atoms with van der Waals surface area (Å²) in [5.74, 6) is 2.54.